The van der Waals surface area contributed by atoms with E-state index >= 15 is 0 Å². The lowest BCUT2D eigenvalue weighted by Crippen LogP contribution is -2.05. The van der Waals surface area contributed by atoms with Gasteiger partial charge in [-0.1, -0.05) is 6.92 Å². The number of hydrogen-bond donors (Lipinski definition) is 1. The molecule has 1 atom stereocenters. The molecule has 84 valence electrons. The zero-order valence-corrected chi connectivity index (χ0v) is 10.2. The van der Waals surface area contributed by atoms with E-state index in [4.69, 9.17) is 9.72 Å². The maximum atomic E-state index is 5.41. The van der Waals surface area contributed by atoms with Gasteiger partial charge in [-0.05, 0) is 19.9 Å². The van der Waals surface area contributed by atoms with Crippen molar-refractivity contribution < 1.29 is 4.74 Å². The molecule has 1 aromatic heterocycles. The summed E-state index contributed by atoms with van der Waals surface area (Å²) in [4.78, 5) is 6.12. The molecule has 1 N–H and O–H groups in total. The maximum Gasteiger partial charge on any atom is 0.0986 e. The molecule has 0 spiro atoms. The van der Waals surface area contributed by atoms with E-state index in [1.807, 2.05) is 18.4 Å². The fraction of sp³-hybridized carbons (Fsp3) is 0.727. The van der Waals surface area contributed by atoms with E-state index in [0.29, 0.717) is 5.92 Å². The SMILES string of the molecule is CCc1nc(C2CCOC2)sc1CNC. The summed E-state index contributed by atoms with van der Waals surface area (Å²) in [5, 5.41) is 4.47. The zero-order chi connectivity index (χ0) is 10.7. The molecule has 2 heterocycles. The van der Waals surface area contributed by atoms with Crippen molar-refractivity contribution >= 4 is 11.3 Å². The summed E-state index contributed by atoms with van der Waals surface area (Å²) in [6, 6.07) is 0. The molecule has 0 aromatic carbocycles. The van der Waals surface area contributed by atoms with E-state index in [-0.39, 0.29) is 0 Å². The highest BCUT2D eigenvalue weighted by molar-refractivity contribution is 7.11. The summed E-state index contributed by atoms with van der Waals surface area (Å²) in [5.74, 6) is 0.547. The van der Waals surface area contributed by atoms with Crippen molar-refractivity contribution in [2.75, 3.05) is 20.3 Å². The average molecular weight is 226 g/mol. The Morgan fingerprint density at radius 1 is 1.60 bits per heavy atom. The van der Waals surface area contributed by atoms with Crippen LogP contribution >= 0.6 is 11.3 Å². The second-order valence-corrected chi connectivity index (χ2v) is 4.98. The maximum absolute atomic E-state index is 5.41. The van der Waals surface area contributed by atoms with Gasteiger partial charge in [0.25, 0.3) is 0 Å². The van der Waals surface area contributed by atoms with Gasteiger partial charge in [0.1, 0.15) is 0 Å². The average Bonchev–Trinajstić information content (AvgIpc) is 2.84. The van der Waals surface area contributed by atoms with Crippen molar-refractivity contribution in [3.05, 3.63) is 15.6 Å². The first-order chi connectivity index (χ1) is 7.35. The lowest BCUT2D eigenvalue weighted by atomic mass is 10.1. The van der Waals surface area contributed by atoms with Crippen LogP contribution in [0.15, 0.2) is 0 Å². The van der Waals surface area contributed by atoms with Gasteiger partial charge in [0.15, 0.2) is 0 Å². The van der Waals surface area contributed by atoms with E-state index in [1.54, 1.807) is 0 Å². The summed E-state index contributed by atoms with van der Waals surface area (Å²) >= 11 is 1.85. The molecule has 1 aliphatic rings. The Bertz CT molecular complexity index is 318. The molecule has 1 aliphatic heterocycles. The van der Waals surface area contributed by atoms with Crippen molar-refractivity contribution in [3.63, 3.8) is 0 Å². The molecule has 0 saturated carbocycles. The van der Waals surface area contributed by atoms with Crippen LogP contribution in [0.4, 0.5) is 0 Å². The van der Waals surface area contributed by atoms with Gasteiger partial charge in [-0.3, -0.25) is 0 Å². The van der Waals surface area contributed by atoms with Crippen molar-refractivity contribution in [2.24, 2.45) is 0 Å². The van der Waals surface area contributed by atoms with Crippen molar-refractivity contribution in [1.82, 2.24) is 10.3 Å². The lowest BCUT2D eigenvalue weighted by molar-refractivity contribution is 0.194. The molecule has 15 heavy (non-hydrogen) atoms. The molecule has 1 fully saturated rings. The molecule has 0 radical (unpaired) electrons. The van der Waals surface area contributed by atoms with Crippen molar-refractivity contribution in [1.29, 1.82) is 0 Å². The van der Waals surface area contributed by atoms with Crippen LogP contribution in [0.3, 0.4) is 0 Å². The van der Waals surface area contributed by atoms with Crippen LogP contribution in [0.5, 0.6) is 0 Å². The third kappa shape index (κ3) is 2.38. The lowest BCUT2D eigenvalue weighted by Gasteiger charge is -2.00. The molecule has 2 rings (SSSR count). The minimum Gasteiger partial charge on any atom is -0.381 e. The van der Waals surface area contributed by atoms with E-state index in [0.717, 1.165) is 32.6 Å². The van der Waals surface area contributed by atoms with Gasteiger partial charge in [0, 0.05) is 23.9 Å². The minimum atomic E-state index is 0.547. The summed E-state index contributed by atoms with van der Waals surface area (Å²) in [7, 11) is 1.98. The minimum absolute atomic E-state index is 0.547. The number of ether oxygens (including phenoxy) is 1. The molecule has 1 aromatic rings. The van der Waals surface area contributed by atoms with Gasteiger partial charge in [0.05, 0.1) is 17.3 Å². The Morgan fingerprint density at radius 2 is 2.47 bits per heavy atom. The fourth-order valence-electron chi connectivity index (χ4n) is 1.88. The molecule has 3 nitrogen and oxygen atoms in total. The van der Waals surface area contributed by atoms with Gasteiger partial charge in [-0.2, -0.15) is 0 Å². The second-order valence-electron chi connectivity index (χ2n) is 3.87. The van der Waals surface area contributed by atoms with Crippen LogP contribution in [-0.4, -0.2) is 25.2 Å². The molecule has 0 amide bonds. The Morgan fingerprint density at radius 3 is 3.07 bits per heavy atom. The van der Waals surface area contributed by atoms with Crippen molar-refractivity contribution in [3.8, 4) is 0 Å². The number of nitrogens with zero attached hydrogens (tertiary/aromatic N) is 1. The van der Waals surface area contributed by atoms with E-state index in [1.165, 1.54) is 15.6 Å². The van der Waals surface area contributed by atoms with Crippen molar-refractivity contribution in [2.45, 2.75) is 32.2 Å². The van der Waals surface area contributed by atoms with Crippen LogP contribution in [0, 0.1) is 0 Å². The van der Waals surface area contributed by atoms with E-state index in [2.05, 4.69) is 12.2 Å². The predicted octanol–water partition coefficient (Wildman–Crippen LogP) is 1.93. The first-order valence-electron chi connectivity index (χ1n) is 5.56. The smallest absolute Gasteiger partial charge is 0.0986 e. The molecule has 4 heteroatoms. The quantitative estimate of drug-likeness (QED) is 0.852. The third-order valence-electron chi connectivity index (χ3n) is 2.75. The highest BCUT2D eigenvalue weighted by atomic mass is 32.1. The summed E-state index contributed by atoms with van der Waals surface area (Å²) < 4.78 is 5.41. The first kappa shape index (κ1) is 11.0. The van der Waals surface area contributed by atoms with Crippen LogP contribution in [-0.2, 0) is 17.7 Å². The summed E-state index contributed by atoms with van der Waals surface area (Å²) in [6.07, 6.45) is 2.16. The monoisotopic (exact) mass is 226 g/mol. The zero-order valence-electron chi connectivity index (χ0n) is 9.38. The number of rotatable bonds is 4. The van der Waals surface area contributed by atoms with Gasteiger partial charge in [0.2, 0.25) is 0 Å². The van der Waals surface area contributed by atoms with Gasteiger partial charge in [-0.25, -0.2) is 4.98 Å². The predicted molar refractivity (Wildman–Crippen MR) is 62.4 cm³/mol. The van der Waals surface area contributed by atoms with E-state index in [9.17, 15) is 0 Å². The summed E-state index contributed by atoms with van der Waals surface area (Å²) in [5.41, 5.74) is 1.26. The highest BCUT2D eigenvalue weighted by Gasteiger charge is 2.22. The van der Waals surface area contributed by atoms with Crippen LogP contribution < -0.4 is 5.32 Å². The number of thiazole rings is 1. The standard InChI is InChI=1S/C11H18N2OS/c1-3-9-10(6-12-2)15-11(13-9)8-4-5-14-7-8/h8,12H,3-7H2,1-2H3. The molecular formula is C11H18N2OS. The van der Waals surface area contributed by atoms with Gasteiger partial charge in [-0.15, -0.1) is 11.3 Å². The Labute approximate surface area is 94.9 Å². The topological polar surface area (TPSA) is 34.1 Å². The van der Waals surface area contributed by atoms with Gasteiger partial charge >= 0.3 is 0 Å². The number of hydrogen-bond acceptors (Lipinski definition) is 4. The Balaban J connectivity index is 2.17. The number of nitrogens with one attached hydrogen (secondary N) is 1. The highest BCUT2D eigenvalue weighted by Crippen LogP contribution is 2.30. The van der Waals surface area contributed by atoms with E-state index < -0.39 is 0 Å². The third-order valence-corrected chi connectivity index (χ3v) is 4.01. The first-order valence-corrected chi connectivity index (χ1v) is 6.37. The van der Waals surface area contributed by atoms with Crippen LogP contribution in [0.25, 0.3) is 0 Å². The molecular weight excluding hydrogens is 208 g/mol. The normalized spacial score (nSPS) is 21.1. The second kappa shape index (κ2) is 5.05. The Kier molecular flexibility index (Phi) is 3.72. The number of aromatic nitrogens is 1. The molecule has 1 unspecified atom stereocenters. The van der Waals surface area contributed by atoms with Gasteiger partial charge < -0.3 is 10.1 Å². The largest absolute Gasteiger partial charge is 0.381 e. The molecule has 0 bridgehead atoms. The summed E-state index contributed by atoms with van der Waals surface area (Å²) in [6.45, 7) is 4.86. The molecule has 1 saturated heterocycles. The number of aryl methyl sites for hydroxylation is 1. The molecule has 0 aliphatic carbocycles. The fourth-order valence-corrected chi connectivity index (χ4v) is 3.17. The Hall–Kier alpha value is -0.450. The van der Waals surface area contributed by atoms with Crippen LogP contribution in [0.2, 0.25) is 0 Å². The van der Waals surface area contributed by atoms with Crippen LogP contribution in [0.1, 0.15) is 34.8 Å².